The number of anilines is 2. The first-order chi connectivity index (χ1) is 16.0. The van der Waals surface area contributed by atoms with Crippen LogP contribution in [0.15, 0.2) is 76.1 Å². The highest BCUT2D eigenvalue weighted by molar-refractivity contribution is 9.10. The van der Waals surface area contributed by atoms with Crippen molar-refractivity contribution in [3.8, 4) is 0 Å². The topological polar surface area (TPSA) is 78.1 Å². The molecule has 5 rings (SSSR count). The van der Waals surface area contributed by atoms with Gasteiger partial charge in [-0.25, -0.2) is 8.42 Å². The number of nitrogens with one attached hydrogen (secondary N) is 2. The summed E-state index contributed by atoms with van der Waals surface area (Å²) in [4.78, 5) is 2.44. The number of nitrogens with zero attached hydrogens (tertiary/aromatic N) is 2. The Morgan fingerprint density at radius 3 is 2.42 bits per heavy atom. The van der Waals surface area contributed by atoms with E-state index in [4.69, 9.17) is 0 Å². The zero-order valence-corrected chi connectivity index (χ0v) is 20.2. The van der Waals surface area contributed by atoms with E-state index in [2.05, 4.69) is 35.7 Å². The summed E-state index contributed by atoms with van der Waals surface area (Å²) in [6.07, 6.45) is 6.11. The SMILES string of the molecule is O=S(=O)(Nc1cc2c(C=Cc3ccccc3)n[nH]c2cc1N1CCCC1)c1ccc(Br)cc1. The largest absolute Gasteiger partial charge is 0.370 e. The predicted octanol–water partition coefficient (Wildman–Crippen LogP) is 5.90. The molecular weight excluding hydrogens is 500 g/mol. The Hall–Kier alpha value is -3.10. The van der Waals surface area contributed by atoms with E-state index in [1.807, 2.05) is 54.6 Å². The van der Waals surface area contributed by atoms with Gasteiger partial charge >= 0.3 is 0 Å². The van der Waals surface area contributed by atoms with Gasteiger partial charge in [0.2, 0.25) is 0 Å². The van der Waals surface area contributed by atoms with Crippen LogP contribution in [0.2, 0.25) is 0 Å². The van der Waals surface area contributed by atoms with Gasteiger partial charge in [-0.3, -0.25) is 9.82 Å². The van der Waals surface area contributed by atoms with Gasteiger partial charge in [-0.05, 0) is 60.9 Å². The lowest BCUT2D eigenvalue weighted by Gasteiger charge is -2.22. The lowest BCUT2D eigenvalue weighted by molar-refractivity contribution is 0.601. The van der Waals surface area contributed by atoms with Crippen LogP contribution in [0.25, 0.3) is 23.1 Å². The van der Waals surface area contributed by atoms with Gasteiger partial charge in [0.1, 0.15) is 0 Å². The molecule has 2 N–H and O–H groups in total. The number of fused-ring (bicyclic) bond motifs is 1. The second-order valence-corrected chi connectivity index (χ2v) is 10.6. The van der Waals surface area contributed by atoms with Crippen molar-refractivity contribution >= 4 is 60.4 Å². The van der Waals surface area contributed by atoms with Gasteiger partial charge in [-0.15, -0.1) is 0 Å². The van der Waals surface area contributed by atoms with Gasteiger partial charge in [0, 0.05) is 22.9 Å². The molecule has 0 aliphatic carbocycles. The summed E-state index contributed by atoms with van der Waals surface area (Å²) in [5.41, 5.74) is 4.12. The third-order valence-corrected chi connectivity index (χ3v) is 7.67. The van der Waals surface area contributed by atoms with Gasteiger partial charge in [-0.1, -0.05) is 52.3 Å². The summed E-state index contributed by atoms with van der Waals surface area (Å²) >= 11 is 3.36. The molecule has 33 heavy (non-hydrogen) atoms. The Labute approximate surface area is 201 Å². The maximum absolute atomic E-state index is 13.2. The zero-order valence-electron chi connectivity index (χ0n) is 17.8. The molecule has 0 radical (unpaired) electrons. The highest BCUT2D eigenvalue weighted by atomic mass is 79.9. The molecule has 0 atom stereocenters. The molecule has 6 nitrogen and oxygen atoms in total. The summed E-state index contributed by atoms with van der Waals surface area (Å²) in [6.45, 7) is 1.79. The Morgan fingerprint density at radius 1 is 0.970 bits per heavy atom. The van der Waals surface area contributed by atoms with E-state index in [0.717, 1.165) is 58.3 Å². The fourth-order valence-electron chi connectivity index (χ4n) is 4.06. The molecule has 168 valence electrons. The molecule has 0 spiro atoms. The number of hydrogen-bond acceptors (Lipinski definition) is 4. The molecule has 0 saturated carbocycles. The van der Waals surface area contributed by atoms with Crippen molar-refractivity contribution in [2.45, 2.75) is 17.7 Å². The van der Waals surface area contributed by atoms with Crippen LogP contribution in [-0.2, 0) is 10.0 Å². The number of halogens is 1. The zero-order chi connectivity index (χ0) is 22.8. The number of aromatic nitrogens is 2. The monoisotopic (exact) mass is 522 g/mol. The third kappa shape index (κ3) is 4.67. The quantitative estimate of drug-likeness (QED) is 0.330. The van der Waals surface area contributed by atoms with Gasteiger partial charge in [0.15, 0.2) is 0 Å². The van der Waals surface area contributed by atoms with Crippen molar-refractivity contribution < 1.29 is 8.42 Å². The molecule has 1 aliphatic heterocycles. The molecular formula is C25H23BrN4O2S. The number of sulfonamides is 1. The maximum Gasteiger partial charge on any atom is 0.261 e. The summed E-state index contributed by atoms with van der Waals surface area (Å²) in [5.74, 6) is 0. The summed E-state index contributed by atoms with van der Waals surface area (Å²) in [6, 6.07) is 20.5. The summed E-state index contributed by atoms with van der Waals surface area (Å²) in [7, 11) is -3.75. The highest BCUT2D eigenvalue weighted by Crippen LogP contribution is 2.35. The van der Waals surface area contributed by atoms with Gasteiger partial charge in [-0.2, -0.15) is 5.10 Å². The molecule has 0 unspecified atom stereocenters. The Bertz CT molecular complexity index is 1410. The van der Waals surface area contributed by atoms with E-state index in [1.54, 1.807) is 24.3 Å². The predicted molar refractivity (Wildman–Crippen MR) is 138 cm³/mol. The average molecular weight is 523 g/mol. The van der Waals surface area contributed by atoms with Crippen LogP contribution in [0.4, 0.5) is 11.4 Å². The molecule has 3 aromatic carbocycles. The van der Waals surface area contributed by atoms with Gasteiger partial charge in [0.25, 0.3) is 10.0 Å². The van der Waals surface area contributed by atoms with Crippen molar-refractivity contribution in [3.63, 3.8) is 0 Å². The Balaban J connectivity index is 1.56. The van der Waals surface area contributed by atoms with E-state index in [9.17, 15) is 8.42 Å². The molecule has 2 heterocycles. The van der Waals surface area contributed by atoms with Gasteiger partial charge in [0.05, 0.1) is 27.5 Å². The smallest absolute Gasteiger partial charge is 0.261 e. The molecule has 1 aliphatic rings. The van der Waals surface area contributed by atoms with Crippen LogP contribution in [0.3, 0.4) is 0 Å². The summed E-state index contributed by atoms with van der Waals surface area (Å²) < 4.78 is 30.0. The minimum absolute atomic E-state index is 0.217. The Morgan fingerprint density at radius 2 is 1.70 bits per heavy atom. The fourth-order valence-corrected chi connectivity index (χ4v) is 5.39. The van der Waals surface area contributed by atoms with Crippen LogP contribution in [0.1, 0.15) is 24.1 Å². The molecule has 1 saturated heterocycles. The van der Waals surface area contributed by atoms with E-state index in [0.29, 0.717) is 5.69 Å². The lowest BCUT2D eigenvalue weighted by atomic mass is 10.1. The van der Waals surface area contributed by atoms with Crippen molar-refractivity contribution in [3.05, 3.63) is 82.5 Å². The standard InChI is InChI=1S/C25H23BrN4O2S/c26-19-9-11-20(12-10-19)33(31,32)29-24-16-21-22(13-8-18-6-2-1-3-7-18)27-28-23(21)17-25(24)30-14-4-5-15-30/h1-3,6-13,16-17,29H,4-5,14-15H2,(H,27,28). The summed E-state index contributed by atoms with van der Waals surface area (Å²) in [5, 5.41) is 8.44. The molecule has 0 bridgehead atoms. The van der Waals surface area contributed by atoms with Crippen LogP contribution in [0, 0.1) is 0 Å². The molecule has 4 aromatic rings. The number of aromatic amines is 1. The lowest BCUT2D eigenvalue weighted by Crippen LogP contribution is -2.21. The normalized spacial score (nSPS) is 14.4. The minimum Gasteiger partial charge on any atom is -0.370 e. The second-order valence-electron chi connectivity index (χ2n) is 8.02. The molecule has 8 heteroatoms. The number of H-pyrrole nitrogens is 1. The fraction of sp³-hybridized carbons (Fsp3) is 0.160. The van der Waals surface area contributed by atoms with E-state index in [1.165, 1.54) is 0 Å². The average Bonchev–Trinajstić information content (AvgIpc) is 3.48. The molecule has 1 aromatic heterocycles. The van der Waals surface area contributed by atoms with Crippen LogP contribution in [0.5, 0.6) is 0 Å². The molecule has 0 amide bonds. The number of rotatable bonds is 6. The maximum atomic E-state index is 13.2. The van der Waals surface area contributed by atoms with E-state index >= 15 is 0 Å². The van der Waals surface area contributed by atoms with E-state index < -0.39 is 10.0 Å². The Kier molecular flexibility index (Phi) is 5.95. The van der Waals surface area contributed by atoms with E-state index in [-0.39, 0.29) is 4.90 Å². The number of benzene rings is 3. The molecule has 1 fully saturated rings. The van der Waals surface area contributed by atoms with Crippen molar-refractivity contribution in [2.24, 2.45) is 0 Å². The first-order valence-corrected chi connectivity index (χ1v) is 13.1. The third-order valence-electron chi connectivity index (χ3n) is 5.76. The first-order valence-electron chi connectivity index (χ1n) is 10.8. The van der Waals surface area contributed by atoms with Crippen LogP contribution < -0.4 is 9.62 Å². The van der Waals surface area contributed by atoms with Crippen LogP contribution in [-0.4, -0.2) is 31.7 Å². The van der Waals surface area contributed by atoms with Crippen molar-refractivity contribution in [2.75, 3.05) is 22.7 Å². The minimum atomic E-state index is -3.75. The van der Waals surface area contributed by atoms with Crippen LogP contribution >= 0.6 is 15.9 Å². The van der Waals surface area contributed by atoms with Gasteiger partial charge < -0.3 is 4.90 Å². The first kappa shape index (κ1) is 21.7. The van der Waals surface area contributed by atoms with Crippen molar-refractivity contribution in [1.82, 2.24) is 10.2 Å². The second kappa shape index (κ2) is 9.03. The highest BCUT2D eigenvalue weighted by Gasteiger charge is 2.22. The van der Waals surface area contributed by atoms with Crippen molar-refractivity contribution in [1.29, 1.82) is 0 Å². The number of hydrogen-bond donors (Lipinski definition) is 2.